The van der Waals surface area contributed by atoms with Gasteiger partial charge in [0.25, 0.3) is 0 Å². The number of rotatable bonds is 2. The second-order valence-corrected chi connectivity index (χ2v) is 6.11. The highest BCUT2D eigenvalue weighted by atomic mass is 16.3. The van der Waals surface area contributed by atoms with E-state index in [1.165, 1.54) is 37.7 Å². The molecule has 3 rings (SSSR count). The number of benzene rings is 1. The van der Waals surface area contributed by atoms with Gasteiger partial charge in [-0.25, -0.2) is 0 Å². The van der Waals surface area contributed by atoms with Crippen LogP contribution >= 0.6 is 0 Å². The average Bonchev–Trinajstić information content (AvgIpc) is 2.49. The lowest BCUT2D eigenvalue weighted by Gasteiger charge is -2.42. The van der Waals surface area contributed by atoms with Crippen LogP contribution in [0.5, 0.6) is 0 Å². The molecule has 2 aliphatic carbocycles. The second kappa shape index (κ2) is 5.50. The summed E-state index contributed by atoms with van der Waals surface area (Å²) in [6.45, 7) is 0. The fraction of sp³-hybridized carbons (Fsp3) is 0.556. The van der Waals surface area contributed by atoms with Gasteiger partial charge in [0.05, 0.1) is 5.60 Å². The van der Waals surface area contributed by atoms with Crippen molar-refractivity contribution in [2.75, 3.05) is 0 Å². The fourth-order valence-electron chi connectivity index (χ4n) is 3.90. The molecule has 19 heavy (non-hydrogen) atoms. The molecule has 102 valence electrons. The number of allylic oxidation sites excluding steroid dienone is 1. The van der Waals surface area contributed by atoms with E-state index >= 15 is 0 Å². The van der Waals surface area contributed by atoms with Gasteiger partial charge in [0, 0.05) is 5.92 Å². The minimum absolute atomic E-state index is 0.351. The predicted octanol–water partition coefficient (Wildman–Crippen LogP) is 4.56. The third-order valence-electron chi connectivity index (χ3n) is 4.92. The van der Waals surface area contributed by atoms with Crippen LogP contribution in [0.25, 0.3) is 0 Å². The molecule has 1 N–H and O–H groups in total. The van der Waals surface area contributed by atoms with Crippen LogP contribution in [-0.4, -0.2) is 5.11 Å². The van der Waals surface area contributed by atoms with Crippen molar-refractivity contribution in [3.05, 3.63) is 47.5 Å². The molecule has 0 spiro atoms. The third-order valence-corrected chi connectivity index (χ3v) is 4.92. The Hall–Kier alpha value is -1.08. The first-order chi connectivity index (χ1) is 9.31. The van der Waals surface area contributed by atoms with E-state index in [0.717, 1.165) is 24.8 Å². The van der Waals surface area contributed by atoms with E-state index in [2.05, 4.69) is 18.2 Å². The Morgan fingerprint density at radius 3 is 2.58 bits per heavy atom. The molecular formula is C18H24O. The van der Waals surface area contributed by atoms with Gasteiger partial charge in [0.15, 0.2) is 0 Å². The van der Waals surface area contributed by atoms with Crippen LogP contribution in [0.15, 0.2) is 42.0 Å². The largest absolute Gasteiger partial charge is 0.385 e. The first-order valence-corrected chi connectivity index (χ1v) is 7.77. The Morgan fingerprint density at radius 1 is 1.00 bits per heavy atom. The standard InChI is InChI=1S/C18H24O/c19-18(16-11-5-2-6-12-16)14-8-7-13-17(18)15-9-3-1-4-10-15/h2,5-6,9,11-12,17,19H,1,3-4,7-8,10,13-14H2. The number of hydrogen-bond donors (Lipinski definition) is 1. The molecule has 1 saturated carbocycles. The van der Waals surface area contributed by atoms with Crippen LogP contribution in [0.4, 0.5) is 0 Å². The van der Waals surface area contributed by atoms with Crippen LogP contribution in [0.3, 0.4) is 0 Å². The summed E-state index contributed by atoms with van der Waals surface area (Å²) in [4.78, 5) is 0. The average molecular weight is 256 g/mol. The molecule has 0 bridgehead atoms. The van der Waals surface area contributed by atoms with E-state index in [-0.39, 0.29) is 0 Å². The monoisotopic (exact) mass is 256 g/mol. The van der Waals surface area contributed by atoms with Gasteiger partial charge in [0.2, 0.25) is 0 Å². The van der Waals surface area contributed by atoms with E-state index in [9.17, 15) is 5.11 Å². The maximum Gasteiger partial charge on any atom is 0.0961 e. The fourth-order valence-corrected chi connectivity index (χ4v) is 3.90. The van der Waals surface area contributed by atoms with Crippen LogP contribution in [0.1, 0.15) is 56.9 Å². The van der Waals surface area contributed by atoms with Crippen molar-refractivity contribution >= 4 is 0 Å². The van der Waals surface area contributed by atoms with E-state index in [0.29, 0.717) is 5.92 Å². The Balaban J connectivity index is 1.94. The van der Waals surface area contributed by atoms with Gasteiger partial charge in [-0.1, -0.05) is 54.8 Å². The molecule has 1 nitrogen and oxygen atoms in total. The Kier molecular flexibility index (Phi) is 3.74. The molecular weight excluding hydrogens is 232 g/mol. The van der Waals surface area contributed by atoms with Gasteiger partial charge in [-0.2, -0.15) is 0 Å². The molecule has 2 unspecified atom stereocenters. The quantitative estimate of drug-likeness (QED) is 0.769. The molecule has 0 amide bonds. The van der Waals surface area contributed by atoms with Crippen molar-refractivity contribution in [2.24, 2.45) is 5.92 Å². The van der Waals surface area contributed by atoms with E-state index < -0.39 is 5.60 Å². The Morgan fingerprint density at radius 2 is 1.84 bits per heavy atom. The summed E-state index contributed by atoms with van der Waals surface area (Å²) in [5, 5.41) is 11.3. The number of aliphatic hydroxyl groups is 1. The van der Waals surface area contributed by atoms with Crippen LogP contribution < -0.4 is 0 Å². The van der Waals surface area contributed by atoms with Crippen LogP contribution in [0, 0.1) is 5.92 Å². The first-order valence-electron chi connectivity index (χ1n) is 7.77. The zero-order chi connectivity index (χ0) is 13.1. The zero-order valence-corrected chi connectivity index (χ0v) is 11.6. The molecule has 1 heteroatoms. The highest BCUT2D eigenvalue weighted by molar-refractivity contribution is 5.28. The maximum atomic E-state index is 11.3. The summed E-state index contributed by atoms with van der Waals surface area (Å²) >= 11 is 0. The lowest BCUT2D eigenvalue weighted by Crippen LogP contribution is -2.39. The van der Waals surface area contributed by atoms with Gasteiger partial charge in [-0.15, -0.1) is 0 Å². The molecule has 1 aromatic carbocycles. The third kappa shape index (κ3) is 2.49. The molecule has 0 aliphatic heterocycles. The highest BCUT2D eigenvalue weighted by Gasteiger charge is 2.41. The topological polar surface area (TPSA) is 20.2 Å². The van der Waals surface area contributed by atoms with Gasteiger partial charge in [-0.05, 0) is 44.1 Å². The lowest BCUT2D eigenvalue weighted by atomic mass is 9.67. The van der Waals surface area contributed by atoms with Crippen LogP contribution in [-0.2, 0) is 5.60 Å². The first kappa shape index (κ1) is 12.9. The minimum atomic E-state index is -0.622. The van der Waals surface area contributed by atoms with Crippen LogP contribution in [0.2, 0.25) is 0 Å². The molecule has 0 saturated heterocycles. The molecule has 2 atom stereocenters. The summed E-state index contributed by atoms with van der Waals surface area (Å²) in [5.41, 5.74) is 2.02. The molecule has 0 heterocycles. The van der Waals surface area contributed by atoms with Crippen molar-refractivity contribution in [3.63, 3.8) is 0 Å². The smallest absolute Gasteiger partial charge is 0.0961 e. The molecule has 2 aliphatic rings. The summed E-state index contributed by atoms with van der Waals surface area (Å²) < 4.78 is 0. The van der Waals surface area contributed by atoms with Crippen molar-refractivity contribution < 1.29 is 5.11 Å². The normalized spacial score (nSPS) is 31.8. The number of hydrogen-bond acceptors (Lipinski definition) is 1. The van der Waals surface area contributed by atoms with E-state index in [1.807, 2.05) is 18.2 Å². The van der Waals surface area contributed by atoms with Crippen molar-refractivity contribution in [1.29, 1.82) is 0 Å². The lowest BCUT2D eigenvalue weighted by molar-refractivity contribution is -0.0413. The van der Waals surface area contributed by atoms with E-state index in [4.69, 9.17) is 0 Å². The van der Waals surface area contributed by atoms with Gasteiger partial charge in [-0.3, -0.25) is 0 Å². The Bertz CT molecular complexity index is 448. The zero-order valence-electron chi connectivity index (χ0n) is 11.6. The van der Waals surface area contributed by atoms with E-state index in [1.54, 1.807) is 0 Å². The van der Waals surface area contributed by atoms with Gasteiger partial charge >= 0.3 is 0 Å². The van der Waals surface area contributed by atoms with Crippen molar-refractivity contribution in [2.45, 2.75) is 57.0 Å². The summed E-state index contributed by atoms with van der Waals surface area (Å²) in [7, 11) is 0. The molecule has 1 aromatic rings. The molecule has 1 fully saturated rings. The SMILES string of the molecule is OC1(c2ccccc2)CCCCC1C1=CCCCC1. The maximum absolute atomic E-state index is 11.3. The van der Waals surface area contributed by atoms with Gasteiger partial charge < -0.3 is 5.11 Å². The summed E-state index contributed by atoms with van der Waals surface area (Å²) in [6.07, 6.45) is 11.9. The Labute approximate surface area is 116 Å². The predicted molar refractivity (Wildman–Crippen MR) is 78.8 cm³/mol. The summed E-state index contributed by atoms with van der Waals surface area (Å²) in [5.74, 6) is 0.351. The van der Waals surface area contributed by atoms with Gasteiger partial charge in [0.1, 0.15) is 0 Å². The second-order valence-electron chi connectivity index (χ2n) is 6.11. The summed E-state index contributed by atoms with van der Waals surface area (Å²) in [6, 6.07) is 10.3. The minimum Gasteiger partial charge on any atom is -0.385 e. The van der Waals surface area contributed by atoms with Crippen molar-refractivity contribution in [3.8, 4) is 0 Å². The molecule has 0 aromatic heterocycles. The molecule has 0 radical (unpaired) electrons. The highest BCUT2D eigenvalue weighted by Crippen LogP contribution is 2.47. The van der Waals surface area contributed by atoms with Crippen molar-refractivity contribution in [1.82, 2.24) is 0 Å².